The van der Waals surface area contributed by atoms with Crippen LogP contribution in [0.1, 0.15) is 54.1 Å². The number of aromatic nitrogens is 3. The molecule has 1 aliphatic carbocycles. The average molecular weight is 417 g/mol. The number of ether oxygens (including phenoxy) is 1. The quantitative estimate of drug-likeness (QED) is 0.647. The lowest BCUT2D eigenvalue weighted by Gasteiger charge is -2.18. The first-order valence-corrected chi connectivity index (χ1v) is 9.75. The van der Waals surface area contributed by atoms with Crippen LogP contribution in [0, 0.1) is 25.2 Å². The highest BCUT2D eigenvalue weighted by molar-refractivity contribution is 5.94. The average Bonchev–Trinajstić information content (AvgIpc) is 3.37. The molecule has 30 heavy (non-hydrogen) atoms. The van der Waals surface area contributed by atoms with Gasteiger partial charge in [0, 0.05) is 5.56 Å². The second kappa shape index (κ2) is 6.97. The van der Waals surface area contributed by atoms with Crippen LogP contribution in [0.15, 0.2) is 12.1 Å². The highest BCUT2D eigenvalue weighted by Gasteiger charge is 2.43. The number of alkyl halides is 3. The molecule has 1 saturated carbocycles. The van der Waals surface area contributed by atoms with Crippen LogP contribution in [0.3, 0.4) is 0 Å². The van der Waals surface area contributed by atoms with Gasteiger partial charge in [-0.2, -0.15) is 23.5 Å². The molecule has 6 nitrogen and oxygen atoms in total. The van der Waals surface area contributed by atoms with Gasteiger partial charge < -0.3 is 10.5 Å². The van der Waals surface area contributed by atoms with Gasteiger partial charge in [0.15, 0.2) is 11.3 Å². The standard InChI is InChI=1S/C21H22F3N5O/c1-11-8-9-15(30-3)12(2)17(11)28-19(26)14(10-25)16-18(21(22,23)24)29(27-20(16)28)13-6-4-5-7-13/h8-9,13H,4-7,26H2,1-3H3. The molecule has 0 aliphatic heterocycles. The molecule has 1 aromatic carbocycles. The zero-order valence-electron chi connectivity index (χ0n) is 17.0. The molecule has 2 heterocycles. The molecule has 9 heteroatoms. The number of hydrogen-bond donors (Lipinski definition) is 1. The van der Waals surface area contributed by atoms with Crippen molar-refractivity contribution in [3.63, 3.8) is 0 Å². The van der Waals surface area contributed by atoms with E-state index in [0.717, 1.165) is 23.1 Å². The number of nitrogens with two attached hydrogens (primary N) is 1. The number of fused-ring (bicyclic) bond motifs is 1. The number of anilines is 1. The van der Waals surface area contributed by atoms with Crippen molar-refractivity contribution in [3.05, 3.63) is 34.5 Å². The van der Waals surface area contributed by atoms with Gasteiger partial charge in [0.2, 0.25) is 0 Å². The lowest BCUT2D eigenvalue weighted by atomic mass is 10.1. The molecular formula is C21H22F3N5O. The van der Waals surface area contributed by atoms with Crippen LogP contribution in [0.4, 0.5) is 19.0 Å². The second-order valence-electron chi connectivity index (χ2n) is 7.69. The van der Waals surface area contributed by atoms with Gasteiger partial charge in [-0.15, -0.1) is 0 Å². The summed E-state index contributed by atoms with van der Waals surface area (Å²) in [5.41, 5.74) is 7.23. The molecule has 1 aliphatic rings. The number of aryl methyl sites for hydroxylation is 1. The SMILES string of the molecule is COc1ccc(C)c(-n2c(N)c(C#N)c3c(C(F)(F)F)n(C4CCCC4)nc32)c1C. The Hall–Kier alpha value is -3.15. The van der Waals surface area contributed by atoms with Crippen LogP contribution in [0.2, 0.25) is 0 Å². The van der Waals surface area contributed by atoms with Gasteiger partial charge in [-0.1, -0.05) is 18.9 Å². The van der Waals surface area contributed by atoms with Gasteiger partial charge in [-0.3, -0.25) is 9.25 Å². The molecule has 158 valence electrons. The van der Waals surface area contributed by atoms with Gasteiger partial charge >= 0.3 is 6.18 Å². The molecule has 2 N–H and O–H groups in total. The minimum atomic E-state index is -4.67. The highest BCUT2D eigenvalue weighted by atomic mass is 19.4. The number of nitrogen functional groups attached to an aromatic ring is 1. The lowest BCUT2D eigenvalue weighted by Crippen LogP contribution is -2.18. The molecule has 2 aromatic heterocycles. The first kappa shape index (κ1) is 20.1. The summed E-state index contributed by atoms with van der Waals surface area (Å²) in [7, 11) is 1.52. The minimum absolute atomic E-state index is 0.0442. The molecular weight excluding hydrogens is 395 g/mol. The van der Waals surface area contributed by atoms with E-state index in [1.54, 1.807) is 19.1 Å². The summed E-state index contributed by atoms with van der Waals surface area (Å²) in [5.74, 6) is 0.514. The molecule has 0 atom stereocenters. The summed E-state index contributed by atoms with van der Waals surface area (Å²) in [6.07, 6.45) is -1.70. The third kappa shape index (κ3) is 2.82. The Morgan fingerprint density at radius 3 is 2.47 bits per heavy atom. The first-order chi connectivity index (χ1) is 14.2. The van der Waals surface area contributed by atoms with Gasteiger partial charge in [0.25, 0.3) is 0 Å². The molecule has 3 aromatic rings. The van der Waals surface area contributed by atoms with E-state index in [0.29, 0.717) is 29.8 Å². The number of rotatable bonds is 3. The van der Waals surface area contributed by atoms with Gasteiger partial charge in [-0.05, 0) is 38.3 Å². The first-order valence-electron chi connectivity index (χ1n) is 9.75. The smallest absolute Gasteiger partial charge is 0.433 e. The molecule has 4 rings (SSSR count). The summed E-state index contributed by atoms with van der Waals surface area (Å²) >= 11 is 0. The van der Waals surface area contributed by atoms with Crippen molar-refractivity contribution in [3.8, 4) is 17.5 Å². The van der Waals surface area contributed by atoms with Crippen LogP contribution in [0.25, 0.3) is 16.7 Å². The van der Waals surface area contributed by atoms with Crippen molar-refractivity contribution in [1.29, 1.82) is 5.26 Å². The maximum absolute atomic E-state index is 14.2. The van der Waals surface area contributed by atoms with Crippen molar-refractivity contribution in [2.75, 3.05) is 12.8 Å². The fraction of sp³-hybridized carbons (Fsp3) is 0.429. The number of halogens is 3. The number of benzene rings is 1. The third-order valence-corrected chi connectivity index (χ3v) is 5.93. The van der Waals surface area contributed by atoms with E-state index in [1.807, 2.05) is 13.0 Å². The molecule has 1 fully saturated rings. The normalized spacial score (nSPS) is 15.1. The monoisotopic (exact) mass is 417 g/mol. The molecule has 0 bridgehead atoms. The van der Waals surface area contributed by atoms with E-state index in [-0.39, 0.29) is 28.5 Å². The number of hydrogen-bond acceptors (Lipinski definition) is 4. The van der Waals surface area contributed by atoms with Crippen LogP contribution < -0.4 is 10.5 Å². The molecule has 0 radical (unpaired) electrons. The Kier molecular flexibility index (Phi) is 4.68. The van der Waals surface area contributed by atoms with Crippen LogP contribution in [-0.2, 0) is 6.18 Å². The van der Waals surface area contributed by atoms with Crippen LogP contribution >= 0.6 is 0 Å². The van der Waals surface area contributed by atoms with Gasteiger partial charge in [0.05, 0.1) is 24.2 Å². The highest BCUT2D eigenvalue weighted by Crippen LogP contribution is 2.45. The zero-order valence-corrected chi connectivity index (χ0v) is 17.0. The lowest BCUT2D eigenvalue weighted by molar-refractivity contribution is -0.143. The zero-order chi connectivity index (χ0) is 21.8. The Morgan fingerprint density at radius 2 is 1.90 bits per heavy atom. The molecule has 0 amide bonds. The van der Waals surface area contributed by atoms with Crippen molar-refractivity contribution < 1.29 is 17.9 Å². The van der Waals surface area contributed by atoms with Crippen LogP contribution in [0.5, 0.6) is 5.75 Å². The maximum atomic E-state index is 14.2. The van der Waals surface area contributed by atoms with Crippen LogP contribution in [-0.4, -0.2) is 21.5 Å². The number of nitriles is 1. The number of nitrogens with zero attached hydrogens (tertiary/aromatic N) is 4. The van der Waals surface area contributed by atoms with Crippen molar-refractivity contribution in [2.24, 2.45) is 0 Å². The maximum Gasteiger partial charge on any atom is 0.433 e. The van der Waals surface area contributed by atoms with E-state index in [1.165, 1.54) is 11.7 Å². The fourth-order valence-corrected chi connectivity index (χ4v) is 4.57. The van der Waals surface area contributed by atoms with Crippen molar-refractivity contribution in [1.82, 2.24) is 14.3 Å². The molecule has 0 unspecified atom stereocenters. The van der Waals surface area contributed by atoms with Gasteiger partial charge in [-0.25, -0.2) is 0 Å². The van der Waals surface area contributed by atoms with Crippen molar-refractivity contribution >= 4 is 16.9 Å². The molecule has 0 saturated heterocycles. The number of methoxy groups -OCH3 is 1. The largest absolute Gasteiger partial charge is 0.496 e. The second-order valence-corrected chi connectivity index (χ2v) is 7.69. The van der Waals surface area contributed by atoms with E-state index < -0.39 is 11.9 Å². The fourth-order valence-electron chi connectivity index (χ4n) is 4.57. The summed E-state index contributed by atoms with van der Waals surface area (Å²) in [6.45, 7) is 3.63. The topological polar surface area (TPSA) is 81.8 Å². The summed E-state index contributed by atoms with van der Waals surface area (Å²) in [6, 6.07) is 5.13. The summed E-state index contributed by atoms with van der Waals surface area (Å²) in [4.78, 5) is 0. The summed E-state index contributed by atoms with van der Waals surface area (Å²) in [5, 5.41) is 13.9. The third-order valence-electron chi connectivity index (χ3n) is 5.93. The van der Waals surface area contributed by atoms with E-state index in [2.05, 4.69) is 5.10 Å². The van der Waals surface area contributed by atoms with E-state index >= 15 is 0 Å². The Bertz CT molecular complexity index is 1180. The van der Waals surface area contributed by atoms with Gasteiger partial charge in [0.1, 0.15) is 23.2 Å². The Labute approximate surface area is 171 Å². The predicted molar refractivity (Wildman–Crippen MR) is 107 cm³/mol. The predicted octanol–water partition coefficient (Wildman–Crippen LogP) is 5.04. The van der Waals surface area contributed by atoms with E-state index in [9.17, 15) is 18.4 Å². The Morgan fingerprint density at radius 1 is 1.23 bits per heavy atom. The Balaban J connectivity index is 2.14. The minimum Gasteiger partial charge on any atom is -0.496 e. The summed E-state index contributed by atoms with van der Waals surface area (Å²) < 4.78 is 50.4. The van der Waals surface area contributed by atoms with E-state index in [4.69, 9.17) is 10.5 Å². The van der Waals surface area contributed by atoms with Crippen molar-refractivity contribution in [2.45, 2.75) is 51.7 Å². The molecule has 0 spiro atoms.